The molecule has 0 heterocycles. The molecule has 1 aromatic rings. The van der Waals surface area contributed by atoms with E-state index in [1.54, 1.807) is 0 Å². The van der Waals surface area contributed by atoms with Gasteiger partial charge in [0.1, 0.15) is 5.78 Å². The summed E-state index contributed by atoms with van der Waals surface area (Å²) >= 11 is 0. The maximum atomic E-state index is 11.5. The fourth-order valence-corrected chi connectivity index (χ4v) is 1.43. The van der Waals surface area contributed by atoms with E-state index in [4.69, 9.17) is 4.74 Å². The lowest BCUT2D eigenvalue weighted by Crippen LogP contribution is -2.04. The highest BCUT2D eigenvalue weighted by atomic mass is 16.5. The summed E-state index contributed by atoms with van der Waals surface area (Å²) < 4.78 is 5.18. The molecule has 0 spiro atoms. The third-order valence-electron chi connectivity index (χ3n) is 2.19. The van der Waals surface area contributed by atoms with Crippen molar-refractivity contribution < 1.29 is 9.53 Å². The first-order valence-electron chi connectivity index (χ1n) is 5.46. The maximum absolute atomic E-state index is 11.5. The van der Waals surface area contributed by atoms with E-state index in [-0.39, 0.29) is 0 Å². The predicted molar refractivity (Wildman–Crippen MR) is 60.9 cm³/mol. The second kappa shape index (κ2) is 7.18. The van der Waals surface area contributed by atoms with Crippen molar-refractivity contribution in [3.63, 3.8) is 0 Å². The lowest BCUT2D eigenvalue weighted by Gasteiger charge is -2.01. The molecule has 1 rings (SSSR count). The smallest absolute Gasteiger partial charge is 0.137 e. The van der Waals surface area contributed by atoms with E-state index in [0.29, 0.717) is 25.2 Å². The van der Waals surface area contributed by atoms with Crippen LogP contribution in [-0.4, -0.2) is 19.0 Å². The predicted octanol–water partition coefficient (Wildman–Crippen LogP) is 2.61. The fourth-order valence-electron chi connectivity index (χ4n) is 1.43. The average Bonchev–Trinajstić information content (AvgIpc) is 2.26. The second-order valence-electron chi connectivity index (χ2n) is 3.50. The Morgan fingerprint density at radius 1 is 1.27 bits per heavy atom. The van der Waals surface area contributed by atoms with Crippen LogP contribution in [0, 0.1) is 0 Å². The highest BCUT2D eigenvalue weighted by Gasteiger charge is 2.02. The minimum atomic E-state index is 0.293. The standard InChI is InChI=1S/C13H18O2/c1-2-15-10-6-9-13(14)11-12-7-4-3-5-8-12/h3-5,7-8H,2,6,9-11H2,1H3. The number of Topliss-reactive ketones (excluding diaryl/α,β-unsaturated/α-hetero) is 1. The molecule has 0 radical (unpaired) electrons. The van der Waals surface area contributed by atoms with Crippen LogP contribution in [-0.2, 0) is 16.0 Å². The summed E-state index contributed by atoms with van der Waals surface area (Å²) in [5, 5.41) is 0. The molecule has 0 aromatic heterocycles. The molecule has 2 heteroatoms. The normalized spacial score (nSPS) is 10.2. The second-order valence-corrected chi connectivity index (χ2v) is 3.50. The Balaban J connectivity index is 2.19. The topological polar surface area (TPSA) is 26.3 Å². The zero-order valence-corrected chi connectivity index (χ0v) is 9.24. The van der Waals surface area contributed by atoms with Crippen molar-refractivity contribution in [2.75, 3.05) is 13.2 Å². The van der Waals surface area contributed by atoms with E-state index < -0.39 is 0 Å². The number of ether oxygens (including phenoxy) is 1. The van der Waals surface area contributed by atoms with Crippen molar-refractivity contribution in [2.45, 2.75) is 26.2 Å². The first kappa shape index (κ1) is 11.9. The van der Waals surface area contributed by atoms with Gasteiger partial charge in [0.25, 0.3) is 0 Å². The van der Waals surface area contributed by atoms with E-state index >= 15 is 0 Å². The Bertz CT molecular complexity index is 280. The Hall–Kier alpha value is -1.15. The molecule has 82 valence electrons. The van der Waals surface area contributed by atoms with Gasteiger partial charge in [0.2, 0.25) is 0 Å². The van der Waals surface area contributed by atoms with Crippen LogP contribution in [0.4, 0.5) is 0 Å². The van der Waals surface area contributed by atoms with Gasteiger partial charge in [0.05, 0.1) is 0 Å². The molecular weight excluding hydrogens is 188 g/mol. The van der Waals surface area contributed by atoms with Crippen molar-refractivity contribution in [3.05, 3.63) is 35.9 Å². The quantitative estimate of drug-likeness (QED) is 0.641. The summed E-state index contributed by atoms with van der Waals surface area (Å²) in [4.78, 5) is 11.5. The van der Waals surface area contributed by atoms with Gasteiger partial charge >= 0.3 is 0 Å². The van der Waals surface area contributed by atoms with Gasteiger partial charge in [-0.05, 0) is 18.9 Å². The molecule has 0 saturated carbocycles. The molecule has 15 heavy (non-hydrogen) atoms. The van der Waals surface area contributed by atoms with E-state index in [2.05, 4.69) is 0 Å². The molecule has 0 aliphatic rings. The van der Waals surface area contributed by atoms with Gasteiger partial charge in [-0.15, -0.1) is 0 Å². The minimum absolute atomic E-state index is 0.293. The van der Waals surface area contributed by atoms with Gasteiger partial charge in [-0.2, -0.15) is 0 Å². The van der Waals surface area contributed by atoms with Crippen molar-refractivity contribution in [1.82, 2.24) is 0 Å². The van der Waals surface area contributed by atoms with Crippen molar-refractivity contribution in [2.24, 2.45) is 0 Å². The number of benzene rings is 1. The van der Waals surface area contributed by atoms with Crippen LogP contribution in [0.15, 0.2) is 30.3 Å². The Morgan fingerprint density at radius 2 is 2.00 bits per heavy atom. The molecule has 0 amide bonds. The molecule has 0 atom stereocenters. The van der Waals surface area contributed by atoms with Gasteiger partial charge in [-0.3, -0.25) is 4.79 Å². The first-order valence-corrected chi connectivity index (χ1v) is 5.46. The summed E-state index contributed by atoms with van der Waals surface area (Å²) in [5.74, 6) is 0.293. The van der Waals surface area contributed by atoms with E-state index in [1.807, 2.05) is 37.3 Å². The fraction of sp³-hybridized carbons (Fsp3) is 0.462. The van der Waals surface area contributed by atoms with Crippen LogP contribution in [0.5, 0.6) is 0 Å². The van der Waals surface area contributed by atoms with Crippen LogP contribution >= 0.6 is 0 Å². The lowest BCUT2D eigenvalue weighted by molar-refractivity contribution is -0.118. The van der Waals surface area contributed by atoms with Gasteiger partial charge in [-0.25, -0.2) is 0 Å². The van der Waals surface area contributed by atoms with Crippen molar-refractivity contribution >= 4 is 5.78 Å². The first-order chi connectivity index (χ1) is 7.33. The molecule has 0 N–H and O–H groups in total. The average molecular weight is 206 g/mol. The highest BCUT2D eigenvalue weighted by Crippen LogP contribution is 2.03. The van der Waals surface area contributed by atoms with Crippen LogP contribution in [0.3, 0.4) is 0 Å². The number of carbonyl (C=O) groups is 1. The lowest BCUT2D eigenvalue weighted by atomic mass is 10.1. The van der Waals surface area contributed by atoms with E-state index in [1.165, 1.54) is 0 Å². The van der Waals surface area contributed by atoms with Gasteiger partial charge < -0.3 is 4.74 Å². The molecular formula is C13H18O2. The Labute approximate surface area is 91.3 Å². The van der Waals surface area contributed by atoms with Gasteiger partial charge in [0, 0.05) is 26.1 Å². The zero-order valence-electron chi connectivity index (χ0n) is 9.24. The van der Waals surface area contributed by atoms with Crippen LogP contribution in [0.2, 0.25) is 0 Å². The summed E-state index contributed by atoms with van der Waals surface area (Å²) in [6.07, 6.45) is 2.00. The summed E-state index contributed by atoms with van der Waals surface area (Å²) in [5.41, 5.74) is 1.10. The third kappa shape index (κ3) is 5.33. The number of carbonyl (C=O) groups excluding carboxylic acids is 1. The number of rotatable bonds is 7. The monoisotopic (exact) mass is 206 g/mol. The molecule has 0 fully saturated rings. The summed E-state index contributed by atoms with van der Waals surface area (Å²) in [7, 11) is 0. The minimum Gasteiger partial charge on any atom is -0.382 e. The maximum Gasteiger partial charge on any atom is 0.137 e. The number of hydrogen-bond donors (Lipinski definition) is 0. The molecule has 0 bridgehead atoms. The number of hydrogen-bond acceptors (Lipinski definition) is 2. The Kier molecular flexibility index (Phi) is 5.71. The highest BCUT2D eigenvalue weighted by molar-refractivity contribution is 5.80. The van der Waals surface area contributed by atoms with E-state index in [0.717, 1.165) is 18.6 Å². The third-order valence-corrected chi connectivity index (χ3v) is 2.19. The molecule has 0 aliphatic heterocycles. The zero-order chi connectivity index (χ0) is 10.9. The van der Waals surface area contributed by atoms with Crippen molar-refractivity contribution in [1.29, 1.82) is 0 Å². The Morgan fingerprint density at radius 3 is 2.67 bits per heavy atom. The van der Waals surface area contributed by atoms with E-state index in [9.17, 15) is 4.79 Å². The molecule has 0 unspecified atom stereocenters. The molecule has 2 nitrogen and oxygen atoms in total. The van der Waals surface area contributed by atoms with Gasteiger partial charge in [0.15, 0.2) is 0 Å². The largest absolute Gasteiger partial charge is 0.382 e. The van der Waals surface area contributed by atoms with Crippen molar-refractivity contribution in [3.8, 4) is 0 Å². The van der Waals surface area contributed by atoms with Crippen LogP contribution in [0.25, 0.3) is 0 Å². The summed E-state index contributed by atoms with van der Waals surface area (Å²) in [6, 6.07) is 9.86. The molecule has 1 aromatic carbocycles. The van der Waals surface area contributed by atoms with Crippen LogP contribution < -0.4 is 0 Å². The number of ketones is 1. The summed E-state index contributed by atoms with van der Waals surface area (Å²) in [6.45, 7) is 3.38. The molecule has 0 aliphatic carbocycles. The SMILES string of the molecule is CCOCCCC(=O)Cc1ccccc1. The van der Waals surface area contributed by atoms with Gasteiger partial charge in [-0.1, -0.05) is 30.3 Å². The molecule has 0 saturated heterocycles. The van der Waals surface area contributed by atoms with Crippen LogP contribution in [0.1, 0.15) is 25.3 Å².